The Labute approximate surface area is 179 Å². The average Bonchev–Trinajstić information content (AvgIpc) is 2.66. The van der Waals surface area contributed by atoms with E-state index in [0.717, 1.165) is 11.1 Å². The summed E-state index contributed by atoms with van der Waals surface area (Å²) < 4.78 is 27.2. The van der Waals surface area contributed by atoms with Gasteiger partial charge in [0, 0.05) is 19.1 Å². The minimum atomic E-state index is -3.45. The number of likely N-dealkylation sites (N-methyl/N-ethyl adjacent to an activating group) is 1. The van der Waals surface area contributed by atoms with Gasteiger partial charge in [-0.05, 0) is 44.6 Å². The fraction of sp³-hybridized carbons (Fsp3) is 0.409. The predicted octanol–water partition coefficient (Wildman–Crippen LogP) is 2.62. The second kappa shape index (κ2) is 11.1. The lowest BCUT2D eigenvalue weighted by Gasteiger charge is -2.23. The van der Waals surface area contributed by atoms with Gasteiger partial charge in [-0.25, -0.2) is 17.9 Å². The Balaban J connectivity index is 2.03. The predicted molar refractivity (Wildman–Crippen MR) is 120 cm³/mol. The highest BCUT2D eigenvalue weighted by molar-refractivity contribution is 7.88. The van der Waals surface area contributed by atoms with Crippen LogP contribution in [-0.4, -0.2) is 46.0 Å². The maximum atomic E-state index is 12.6. The highest BCUT2D eigenvalue weighted by Crippen LogP contribution is 2.14. The fourth-order valence-electron chi connectivity index (χ4n) is 3.15. The van der Waals surface area contributed by atoms with Gasteiger partial charge < -0.3 is 15.5 Å². The van der Waals surface area contributed by atoms with Crippen LogP contribution in [0.15, 0.2) is 54.6 Å². The lowest BCUT2D eigenvalue weighted by Crippen LogP contribution is -2.41. The topological polar surface area (TPSA) is 90.5 Å². The van der Waals surface area contributed by atoms with Gasteiger partial charge >= 0.3 is 6.03 Å². The van der Waals surface area contributed by atoms with Gasteiger partial charge in [-0.3, -0.25) is 0 Å². The summed E-state index contributed by atoms with van der Waals surface area (Å²) in [5.41, 5.74) is 2.46. The molecule has 0 bridgehead atoms. The van der Waals surface area contributed by atoms with Crippen LogP contribution in [0.4, 0.5) is 4.79 Å². The molecular weight excluding hydrogens is 400 g/mol. The molecule has 0 saturated carbocycles. The van der Waals surface area contributed by atoms with Crippen LogP contribution in [0.1, 0.15) is 36.6 Å². The van der Waals surface area contributed by atoms with E-state index < -0.39 is 10.0 Å². The average molecular weight is 433 g/mol. The Morgan fingerprint density at radius 1 is 0.967 bits per heavy atom. The molecule has 2 rings (SSSR count). The van der Waals surface area contributed by atoms with E-state index in [1.165, 1.54) is 0 Å². The Kier molecular flexibility index (Phi) is 8.83. The van der Waals surface area contributed by atoms with Gasteiger partial charge in [0.2, 0.25) is 10.0 Å². The summed E-state index contributed by atoms with van der Waals surface area (Å²) >= 11 is 0. The van der Waals surface area contributed by atoms with Crippen LogP contribution in [0.3, 0.4) is 0 Å². The van der Waals surface area contributed by atoms with Crippen molar-refractivity contribution in [3.63, 3.8) is 0 Å². The summed E-state index contributed by atoms with van der Waals surface area (Å²) in [7, 11) is 0.464. The molecule has 1 unspecified atom stereocenters. The van der Waals surface area contributed by atoms with Crippen LogP contribution in [0.2, 0.25) is 0 Å². The zero-order valence-electron chi connectivity index (χ0n) is 18.1. The highest BCUT2D eigenvalue weighted by Gasteiger charge is 2.17. The maximum absolute atomic E-state index is 12.6. The van der Waals surface area contributed by atoms with E-state index in [1.807, 2.05) is 61.5 Å². The first-order chi connectivity index (χ1) is 14.2. The Morgan fingerprint density at radius 2 is 1.57 bits per heavy atom. The van der Waals surface area contributed by atoms with Crippen molar-refractivity contribution >= 4 is 16.1 Å². The molecule has 0 heterocycles. The molecule has 3 N–H and O–H groups in total. The van der Waals surface area contributed by atoms with E-state index >= 15 is 0 Å². The number of hydrogen-bond donors (Lipinski definition) is 3. The number of rotatable bonds is 10. The zero-order chi connectivity index (χ0) is 22.1. The van der Waals surface area contributed by atoms with Crippen molar-refractivity contribution < 1.29 is 13.2 Å². The van der Waals surface area contributed by atoms with Crippen molar-refractivity contribution in [2.75, 3.05) is 20.6 Å². The monoisotopic (exact) mass is 432 g/mol. The molecule has 2 amide bonds. The molecule has 0 aromatic heterocycles. The Bertz CT molecular complexity index is 915. The zero-order valence-corrected chi connectivity index (χ0v) is 18.9. The molecule has 2 aromatic rings. The number of nitrogens with zero attached hydrogens (tertiary/aromatic N) is 1. The third-order valence-corrected chi connectivity index (χ3v) is 5.90. The van der Waals surface area contributed by atoms with Crippen LogP contribution in [-0.2, 0) is 22.3 Å². The summed E-state index contributed by atoms with van der Waals surface area (Å²) in [6.07, 6.45) is 0. The second-order valence-electron chi connectivity index (χ2n) is 7.85. The van der Waals surface area contributed by atoms with Gasteiger partial charge in [0.15, 0.2) is 0 Å². The molecule has 8 heteroatoms. The normalized spacial score (nSPS) is 12.7. The van der Waals surface area contributed by atoms with E-state index in [0.29, 0.717) is 12.1 Å². The van der Waals surface area contributed by atoms with Gasteiger partial charge in [0.1, 0.15) is 0 Å². The smallest absolute Gasteiger partial charge is 0.315 e. The molecule has 0 aliphatic carbocycles. The first-order valence-corrected chi connectivity index (χ1v) is 11.6. The number of nitrogens with one attached hydrogen (secondary N) is 3. The number of benzene rings is 2. The number of carbonyl (C=O) groups is 1. The van der Waals surface area contributed by atoms with Crippen molar-refractivity contribution in [1.82, 2.24) is 20.3 Å². The highest BCUT2D eigenvalue weighted by atomic mass is 32.2. The summed E-state index contributed by atoms with van der Waals surface area (Å²) in [5, 5.41) is 5.86. The SMILES string of the molecule is CC(C)NS(=O)(=O)Cc1ccccc1CNC(=O)NC(CN(C)C)c1ccccc1. The molecule has 30 heavy (non-hydrogen) atoms. The van der Waals surface area contributed by atoms with Gasteiger partial charge in [-0.1, -0.05) is 54.6 Å². The Hall–Kier alpha value is -2.42. The van der Waals surface area contributed by atoms with E-state index in [4.69, 9.17) is 0 Å². The maximum Gasteiger partial charge on any atom is 0.315 e. The fourth-order valence-corrected chi connectivity index (χ4v) is 4.64. The standard InChI is InChI=1S/C22H32N4O3S/c1-17(2)25-30(28,29)16-20-13-9-8-12-19(20)14-23-22(27)24-21(15-26(3)4)18-10-6-5-7-11-18/h5-13,17,21,25H,14-16H2,1-4H3,(H2,23,24,27). The third kappa shape index (κ3) is 8.14. The minimum Gasteiger partial charge on any atom is -0.334 e. The van der Waals surface area contributed by atoms with E-state index in [1.54, 1.807) is 26.0 Å². The van der Waals surface area contributed by atoms with Crippen molar-refractivity contribution in [3.8, 4) is 0 Å². The second-order valence-corrected chi connectivity index (χ2v) is 9.61. The molecule has 7 nitrogen and oxygen atoms in total. The number of hydrogen-bond acceptors (Lipinski definition) is 4. The molecule has 0 saturated heterocycles. The van der Waals surface area contributed by atoms with Crippen molar-refractivity contribution in [2.45, 2.75) is 38.2 Å². The van der Waals surface area contributed by atoms with E-state index in [9.17, 15) is 13.2 Å². The first-order valence-electron chi connectivity index (χ1n) is 9.97. The van der Waals surface area contributed by atoms with E-state index in [-0.39, 0.29) is 30.4 Å². The molecule has 0 spiro atoms. The van der Waals surface area contributed by atoms with Crippen molar-refractivity contribution in [1.29, 1.82) is 0 Å². The molecule has 164 valence electrons. The number of carbonyl (C=O) groups excluding carboxylic acids is 1. The van der Waals surface area contributed by atoms with Crippen LogP contribution >= 0.6 is 0 Å². The Morgan fingerprint density at radius 3 is 2.17 bits per heavy atom. The van der Waals surface area contributed by atoms with Crippen LogP contribution in [0, 0.1) is 0 Å². The number of amides is 2. The largest absolute Gasteiger partial charge is 0.334 e. The molecule has 0 radical (unpaired) electrons. The van der Waals surface area contributed by atoms with E-state index in [2.05, 4.69) is 15.4 Å². The van der Waals surface area contributed by atoms with Crippen LogP contribution in [0.25, 0.3) is 0 Å². The molecule has 0 aliphatic rings. The van der Waals surface area contributed by atoms with Crippen LogP contribution in [0.5, 0.6) is 0 Å². The molecule has 0 aliphatic heterocycles. The van der Waals surface area contributed by atoms with Gasteiger partial charge in [0.25, 0.3) is 0 Å². The van der Waals surface area contributed by atoms with Gasteiger partial charge in [0.05, 0.1) is 11.8 Å². The lowest BCUT2D eigenvalue weighted by atomic mass is 10.1. The number of sulfonamides is 1. The summed E-state index contributed by atoms with van der Waals surface area (Å²) in [5.74, 6) is -0.127. The van der Waals surface area contributed by atoms with Crippen LogP contribution < -0.4 is 15.4 Å². The summed E-state index contributed by atoms with van der Waals surface area (Å²) in [6, 6.07) is 16.4. The van der Waals surface area contributed by atoms with Gasteiger partial charge in [-0.15, -0.1) is 0 Å². The molecular formula is C22H32N4O3S. The summed E-state index contributed by atoms with van der Waals surface area (Å²) in [6.45, 7) is 4.47. The minimum absolute atomic E-state index is 0.127. The summed E-state index contributed by atoms with van der Waals surface area (Å²) in [4.78, 5) is 14.6. The molecule has 1 atom stereocenters. The van der Waals surface area contributed by atoms with Crippen molar-refractivity contribution in [2.24, 2.45) is 0 Å². The molecule has 0 fully saturated rings. The first kappa shape index (κ1) is 23.9. The third-order valence-electron chi connectivity index (χ3n) is 4.37. The van der Waals surface area contributed by atoms with Crippen molar-refractivity contribution in [3.05, 3.63) is 71.3 Å². The molecule has 2 aromatic carbocycles. The van der Waals surface area contributed by atoms with Gasteiger partial charge in [-0.2, -0.15) is 0 Å². The lowest BCUT2D eigenvalue weighted by molar-refractivity contribution is 0.232. The number of urea groups is 1. The quantitative estimate of drug-likeness (QED) is 0.538.